The van der Waals surface area contributed by atoms with E-state index in [2.05, 4.69) is 25.7 Å². The van der Waals surface area contributed by atoms with Gasteiger partial charge in [-0.2, -0.15) is 0 Å². The summed E-state index contributed by atoms with van der Waals surface area (Å²) in [5.74, 6) is 1.32. The zero-order valence-electron chi connectivity index (χ0n) is 18.7. The molecule has 0 saturated carbocycles. The highest BCUT2D eigenvalue weighted by Crippen LogP contribution is 2.41. The van der Waals surface area contributed by atoms with Gasteiger partial charge in [-0.15, -0.1) is 0 Å². The first-order valence-corrected chi connectivity index (χ1v) is 10.5. The molecule has 4 nitrogen and oxygen atoms in total. The Labute approximate surface area is 184 Å². The fraction of sp³-hybridized carbons (Fsp3) is 0.296. The van der Waals surface area contributed by atoms with Crippen molar-refractivity contribution in [1.82, 2.24) is 0 Å². The van der Waals surface area contributed by atoms with Gasteiger partial charge in [-0.25, -0.2) is 4.79 Å². The maximum absolute atomic E-state index is 12.6. The fourth-order valence-corrected chi connectivity index (χ4v) is 3.79. The quantitative estimate of drug-likeness (QED) is 0.288. The molecule has 1 atom stereocenters. The van der Waals surface area contributed by atoms with Crippen LogP contribution in [-0.2, 0) is 0 Å². The van der Waals surface area contributed by atoms with Gasteiger partial charge >= 0.3 is 5.97 Å². The molecule has 0 radical (unpaired) electrons. The van der Waals surface area contributed by atoms with Crippen LogP contribution in [0.5, 0.6) is 17.2 Å². The van der Waals surface area contributed by atoms with Crippen molar-refractivity contribution in [2.45, 2.75) is 33.1 Å². The highest BCUT2D eigenvalue weighted by atomic mass is 16.6. The van der Waals surface area contributed by atoms with Gasteiger partial charge in [0.2, 0.25) is 5.75 Å². The number of esters is 1. The first-order chi connectivity index (χ1) is 14.9. The summed E-state index contributed by atoms with van der Waals surface area (Å²) in [5.41, 5.74) is 4.81. The highest BCUT2D eigenvalue weighted by Gasteiger charge is 2.20. The van der Waals surface area contributed by atoms with Crippen molar-refractivity contribution in [2.75, 3.05) is 14.2 Å². The molecule has 0 saturated heterocycles. The van der Waals surface area contributed by atoms with Crippen LogP contribution in [0.2, 0.25) is 0 Å². The molecule has 1 unspecified atom stereocenters. The zero-order valence-corrected chi connectivity index (χ0v) is 18.7. The molecule has 31 heavy (non-hydrogen) atoms. The molecule has 0 aromatic heterocycles. The molecule has 162 valence electrons. The second kappa shape index (κ2) is 10.2. The molecule has 0 aliphatic heterocycles. The Morgan fingerprint density at radius 3 is 2.29 bits per heavy atom. The van der Waals surface area contributed by atoms with Gasteiger partial charge in [0, 0.05) is 0 Å². The van der Waals surface area contributed by atoms with E-state index in [-0.39, 0.29) is 5.75 Å². The molecule has 1 aliphatic rings. The average Bonchev–Trinajstić information content (AvgIpc) is 2.78. The molecule has 2 aromatic rings. The summed E-state index contributed by atoms with van der Waals surface area (Å²) >= 11 is 0. The van der Waals surface area contributed by atoms with Gasteiger partial charge in [0.05, 0.1) is 19.8 Å². The molecule has 0 heterocycles. The first-order valence-electron chi connectivity index (χ1n) is 10.5. The molecular weight excluding hydrogens is 388 g/mol. The van der Waals surface area contributed by atoms with Crippen LogP contribution in [0.25, 0.3) is 6.08 Å². The van der Waals surface area contributed by atoms with Crippen LogP contribution in [0, 0.1) is 5.92 Å². The number of carbonyl (C=O) groups is 1. The highest BCUT2D eigenvalue weighted by molar-refractivity contribution is 5.91. The van der Waals surface area contributed by atoms with Gasteiger partial charge < -0.3 is 14.2 Å². The summed E-state index contributed by atoms with van der Waals surface area (Å²) in [6.45, 7) is 8.49. The molecule has 4 heteroatoms. The summed E-state index contributed by atoms with van der Waals surface area (Å²) in [6.07, 6.45) is 7.75. The Morgan fingerprint density at radius 2 is 1.74 bits per heavy atom. The van der Waals surface area contributed by atoms with Gasteiger partial charge in [0.15, 0.2) is 11.5 Å². The smallest absolute Gasteiger partial charge is 0.343 e. The number of methoxy groups -OCH3 is 2. The van der Waals surface area contributed by atoms with Crippen LogP contribution in [0.4, 0.5) is 0 Å². The van der Waals surface area contributed by atoms with Crippen LogP contribution in [0.1, 0.15) is 49.0 Å². The van der Waals surface area contributed by atoms with E-state index in [1.807, 2.05) is 25.1 Å². The van der Waals surface area contributed by atoms with Crippen LogP contribution < -0.4 is 14.2 Å². The number of carbonyl (C=O) groups excluding carboxylic acids is 1. The number of hydrogen-bond donors (Lipinski definition) is 0. The van der Waals surface area contributed by atoms with E-state index in [9.17, 15) is 4.79 Å². The van der Waals surface area contributed by atoms with Gasteiger partial charge in [-0.05, 0) is 79.2 Å². The minimum Gasteiger partial charge on any atom is -0.493 e. The van der Waals surface area contributed by atoms with Crippen molar-refractivity contribution in [3.05, 3.63) is 83.0 Å². The standard InChI is InChI=1S/C27H30O4/c1-18(2)23(22-13-9-10-19(3)14-22)15-20-16-24(29-4)26(25(17-20)30-5)31-27(28)21-11-7-6-8-12-21/h6-8,11-13,15-17,19H,1,9-10,14H2,2-5H3/b23-15-. The van der Waals surface area contributed by atoms with Crippen molar-refractivity contribution in [3.63, 3.8) is 0 Å². The number of allylic oxidation sites excluding steroid dienone is 4. The van der Waals surface area contributed by atoms with Crippen molar-refractivity contribution in [1.29, 1.82) is 0 Å². The van der Waals surface area contributed by atoms with Crippen molar-refractivity contribution in [2.24, 2.45) is 5.92 Å². The number of rotatable bonds is 7. The fourth-order valence-electron chi connectivity index (χ4n) is 3.79. The maximum atomic E-state index is 12.6. The van der Waals surface area contributed by atoms with Crippen molar-refractivity contribution >= 4 is 12.0 Å². The Morgan fingerprint density at radius 1 is 1.10 bits per heavy atom. The van der Waals surface area contributed by atoms with Gasteiger partial charge in [0.1, 0.15) is 0 Å². The van der Waals surface area contributed by atoms with Crippen molar-refractivity contribution < 1.29 is 19.0 Å². The van der Waals surface area contributed by atoms with E-state index < -0.39 is 5.97 Å². The predicted octanol–water partition coefficient (Wildman–Crippen LogP) is 6.63. The largest absolute Gasteiger partial charge is 0.493 e. The summed E-state index contributed by atoms with van der Waals surface area (Å²) in [7, 11) is 3.10. The van der Waals surface area contributed by atoms with Gasteiger partial charge in [-0.1, -0.05) is 43.4 Å². The molecule has 1 aliphatic carbocycles. The predicted molar refractivity (Wildman–Crippen MR) is 125 cm³/mol. The second-order valence-corrected chi connectivity index (χ2v) is 7.96. The van der Waals surface area contributed by atoms with Gasteiger partial charge in [-0.3, -0.25) is 0 Å². The van der Waals surface area contributed by atoms with E-state index >= 15 is 0 Å². The Bertz CT molecular complexity index is 990. The monoisotopic (exact) mass is 418 g/mol. The summed E-state index contributed by atoms with van der Waals surface area (Å²) in [4.78, 5) is 12.6. The molecule has 0 N–H and O–H groups in total. The number of hydrogen-bond acceptors (Lipinski definition) is 4. The molecule has 2 aromatic carbocycles. The van der Waals surface area contributed by atoms with E-state index in [1.165, 1.54) is 12.0 Å². The lowest BCUT2D eigenvalue weighted by atomic mass is 9.84. The molecule has 0 fully saturated rings. The normalized spacial score (nSPS) is 16.3. The third-order valence-electron chi connectivity index (χ3n) is 5.42. The SMILES string of the molecule is C=C(C)/C(=C/c1cc(OC)c(OC(=O)c2ccccc2)c(OC)c1)C1=CCCC(C)C1. The Balaban J connectivity index is 1.99. The minimum atomic E-state index is -0.468. The molecule has 0 amide bonds. The van der Waals surface area contributed by atoms with Crippen LogP contribution in [0.15, 0.2) is 71.8 Å². The first kappa shape index (κ1) is 22.4. The van der Waals surface area contributed by atoms with E-state index in [4.69, 9.17) is 14.2 Å². The number of benzene rings is 2. The topological polar surface area (TPSA) is 44.8 Å². The zero-order chi connectivity index (χ0) is 22.4. The van der Waals surface area contributed by atoms with Crippen molar-refractivity contribution in [3.8, 4) is 17.2 Å². The Hall–Kier alpha value is -3.27. The molecule has 0 bridgehead atoms. The van der Waals surface area contributed by atoms with E-state index in [1.54, 1.807) is 38.5 Å². The Kier molecular flexibility index (Phi) is 7.35. The third-order valence-corrected chi connectivity index (χ3v) is 5.42. The summed E-state index contributed by atoms with van der Waals surface area (Å²) in [5, 5.41) is 0. The molecule has 0 spiro atoms. The van der Waals surface area contributed by atoms with Crippen LogP contribution >= 0.6 is 0 Å². The summed E-state index contributed by atoms with van der Waals surface area (Å²) in [6, 6.07) is 12.5. The molecular formula is C27H30O4. The lowest BCUT2D eigenvalue weighted by molar-refractivity contribution is 0.0724. The molecule has 3 rings (SSSR count). The van der Waals surface area contributed by atoms with Crippen LogP contribution in [-0.4, -0.2) is 20.2 Å². The second-order valence-electron chi connectivity index (χ2n) is 7.96. The minimum absolute atomic E-state index is 0.262. The third kappa shape index (κ3) is 5.46. The number of ether oxygens (including phenoxy) is 3. The lowest BCUT2D eigenvalue weighted by Gasteiger charge is -2.22. The maximum Gasteiger partial charge on any atom is 0.343 e. The van der Waals surface area contributed by atoms with E-state index in [0.29, 0.717) is 23.0 Å². The van der Waals surface area contributed by atoms with Crippen LogP contribution in [0.3, 0.4) is 0 Å². The van der Waals surface area contributed by atoms with Gasteiger partial charge in [0.25, 0.3) is 0 Å². The lowest BCUT2D eigenvalue weighted by Crippen LogP contribution is -2.10. The summed E-state index contributed by atoms with van der Waals surface area (Å²) < 4.78 is 16.7. The van der Waals surface area contributed by atoms with E-state index in [0.717, 1.165) is 29.6 Å². The average molecular weight is 419 g/mol.